The number of hydrogen-bond donors (Lipinski definition) is 0. The zero-order chi connectivity index (χ0) is 11.0. The summed E-state index contributed by atoms with van der Waals surface area (Å²) in [6.07, 6.45) is 0. The van der Waals surface area contributed by atoms with Gasteiger partial charge in [0.15, 0.2) is 0 Å². The summed E-state index contributed by atoms with van der Waals surface area (Å²) in [5.41, 5.74) is 0.932. The van der Waals surface area contributed by atoms with Crippen LogP contribution in [0.25, 0.3) is 0 Å². The first-order valence-electron chi connectivity index (χ1n) is 4.37. The Morgan fingerprint density at radius 2 is 2.07 bits per heavy atom. The zero-order valence-electron chi connectivity index (χ0n) is 7.67. The van der Waals surface area contributed by atoms with Crippen molar-refractivity contribution in [1.29, 1.82) is 0 Å². The maximum absolute atomic E-state index is 11.6. The highest BCUT2D eigenvalue weighted by Crippen LogP contribution is 2.33. The van der Waals surface area contributed by atoms with Crippen LogP contribution in [0.2, 0.25) is 5.02 Å². The number of anilines is 1. The van der Waals surface area contributed by atoms with E-state index in [2.05, 4.69) is 15.9 Å². The third-order valence-electron chi connectivity index (χ3n) is 2.26. The minimum atomic E-state index is -0.517. The van der Waals surface area contributed by atoms with Crippen LogP contribution in [0.15, 0.2) is 18.2 Å². The fraction of sp³-hybridized carbons (Fsp3) is 0.200. The number of amides is 1. The summed E-state index contributed by atoms with van der Waals surface area (Å²) in [5, 5.41) is 0.959. The predicted molar refractivity (Wildman–Crippen MR) is 61.9 cm³/mol. The van der Waals surface area contributed by atoms with Crippen molar-refractivity contribution in [3.05, 3.63) is 28.8 Å². The van der Waals surface area contributed by atoms with Crippen LogP contribution in [0.5, 0.6) is 0 Å². The first-order chi connectivity index (χ1) is 7.16. The van der Waals surface area contributed by atoms with Crippen molar-refractivity contribution in [2.75, 3.05) is 16.8 Å². The number of benzene rings is 1. The van der Waals surface area contributed by atoms with E-state index >= 15 is 0 Å². The van der Waals surface area contributed by atoms with Gasteiger partial charge in [-0.2, -0.15) is 0 Å². The lowest BCUT2D eigenvalue weighted by atomic mass is 10.1. The van der Waals surface area contributed by atoms with Crippen LogP contribution < -0.4 is 4.90 Å². The summed E-state index contributed by atoms with van der Waals surface area (Å²) >= 11 is 9.12. The van der Waals surface area contributed by atoms with Crippen LogP contribution in [0.3, 0.4) is 0 Å². The van der Waals surface area contributed by atoms with Crippen molar-refractivity contribution in [3.8, 4) is 0 Å². The van der Waals surface area contributed by atoms with Crippen molar-refractivity contribution in [1.82, 2.24) is 0 Å². The van der Waals surface area contributed by atoms with Crippen molar-refractivity contribution < 1.29 is 9.59 Å². The molecule has 0 bridgehead atoms. The lowest BCUT2D eigenvalue weighted by molar-refractivity contribution is -0.114. The highest BCUT2D eigenvalue weighted by atomic mass is 79.9. The quantitative estimate of drug-likeness (QED) is 0.618. The lowest BCUT2D eigenvalue weighted by Crippen LogP contribution is -2.31. The normalized spacial score (nSPS) is 14.7. The van der Waals surface area contributed by atoms with E-state index < -0.39 is 11.7 Å². The number of halogens is 2. The van der Waals surface area contributed by atoms with E-state index in [1.165, 1.54) is 4.90 Å². The topological polar surface area (TPSA) is 37.4 Å². The number of rotatable bonds is 2. The van der Waals surface area contributed by atoms with Gasteiger partial charge in [-0.05, 0) is 12.1 Å². The van der Waals surface area contributed by atoms with Crippen molar-refractivity contribution in [2.24, 2.45) is 0 Å². The first kappa shape index (κ1) is 10.6. The molecule has 1 aliphatic rings. The van der Waals surface area contributed by atoms with Crippen LogP contribution in [0, 0.1) is 0 Å². The van der Waals surface area contributed by atoms with Gasteiger partial charge in [0.1, 0.15) is 0 Å². The van der Waals surface area contributed by atoms with E-state index in [0.717, 1.165) is 0 Å². The average molecular weight is 289 g/mol. The molecule has 1 aromatic rings. The third-order valence-corrected chi connectivity index (χ3v) is 2.93. The van der Waals surface area contributed by atoms with Gasteiger partial charge in [0.2, 0.25) is 0 Å². The van der Waals surface area contributed by atoms with Crippen LogP contribution in [-0.2, 0) is 4.79 Å². The molecule has 0 aliphatic carbocycles. The molecule has 1 amide bonds. The molecule has 0 aromatic heterocycles. The molecule has 1 heterocycles. The number of fused-ring (bicyclic) bond motifs is 1. The second kappa shape index (κ2) is 3.94. The third kappa shape index (κ3) is 1.58. The number of nitrogens with zero attached hydrogens (tertiary/aromatic N) is 1. The van der Waals surface area contributed by atoms with Crippen molar-refractivity contribution in [3.63, 3.8) is 0 Å². The molecule has 0 unspecified atom stereocenters. The van der Waals surface area contributed by atoms with E-state index in [1.807, 2.05) is 0 Å². The van der Waals surface area contributed by atoms with Crippen LogP contribution in [0.1, 0.15) is 10.4 Å². The molecule has 2 rings (SSSR count). The van der Waals surface area contributed by atoms with Crippen molar-refractivity contribution in [2.45, 2.75) is 0 Å². The Hall–Kier alpha value is -0.870. The SMILES string of the molecule is O=C1C(=O)N(CCBr)c2cccc(Cl)c21. The summed E-state index contributed by atoms with van der Waals surface area (Å²) in [7, 11) is 0. The Balaban J connectivity index is 2.55. The molecule has 3 nitrogen and oxygen atoms in total. The Bertz CT molecular complexity index is 447. The Labute approximate surface area is 100 Å². The molecule has 0 radical (unpaired) electrons. The smallest absolute Gasteiger partial charge is 0.299 e. The molecule has 1 aromatic carbocycles. The number of hydrogen-bond acceptors (Lipinski definition) is 2. The first-order valence-corrected chi connectivity index (χ1v) is 5.87. The predicted octanol–water partition coefficient (Wildman–Crippen LogP) is 2.26. The van der Waals surface area contributed by atoms with Gasteiger partial charge in [-0.3, -0.25) is 9.59 Å². The van der Waals surface area contributed by atoms with Gasteiger partial charge in [-0.15, -0.1) is 0 Å². The minimum Gasteiger partial charge on any atom is -0.304 e. The van der Waals surface area contributed by atoms with E-state index in [4.69, 9.17) is 11.6 Å². The van der Waals surface area contributed by atoms with Crippen molar-refractivity contribution >= 4 is 44.9 Å². The lowest BCUT2D eigenvalue weighted by Gasteiger charge is -2.14. The molecular formula is C10H7BrClNO2. The van der Waals surface area contributed by atoms with Gasteiger partial charge in [0, 0.05) is 11.9 Å². The van der Waals surface area contributed by atoms with E-state index in [0.29, 0.717) is 28.1 Å². The molecule has 0 fully saturated rings. The molecule has 0 N–H and O–H groups in total. The fourth-order valence-electron chi connectivity index (χ4n) is 1.61. The van der Waals surface area contributed by atoms with Crippen LogP contribution >= 0.6 is 27.5 Å². The van der Waals surface area contributed by atoms with Gasteiger partial charge in [0.05, 0.1) is 16.3 Å². The average Bonchev–Trinajstić information content (AvgIpc) is 2.45. The molecule has 0 saturated carbocycles. The largest absolute Gasteiger partial charge is 0.304 e. The molecule has 1 aliphatic heterocycles. The van der Waals surface area contributed by atoms with Crippen LogP contribution in [-0.4, -0.2) is 23.6 Å². The molecular weight excluding hydrogens is 281 g/mol. The second-order valence-corrected chi connectivity index (χ2v) is 4.31. The summed E-state index contributed by atoms with van der Waals surface area (Å²) < 4.78 is 0. The summed E-state index contributed by atoms with van der Waals surface area (Å²) in [5.74, 6) is -1.02. The maximum atomic E-state index is 11.6. The van der Waals surface area contributed by atoms with Gasteiger partial charge >= 0.3 is 0 Å². The fourth-order valence-corrected chi connectivity index (χ4v) is 2.22. The van der Waals surface area contributed by atoms with Gasteiger partial charge in [-0.25, -0.2) is 0 Å². The molecule has 15 heavy (non-hydrogen) atoms. The summed E-state index contributed by atoms with van der Waals surface area (Å²) in [4.78, 5) is 24.7. The van der Waals surface area contributed by atoms with Gasteiger partial charge < -0.3 is 4.90 Å². The molecule has 5 heteroatoms. The van der Waals surface area contributed by atoms with E-state index in [9.17, 15) is 9.59 Å². The Morgan fingerprint density at radius 3 is 2.73 bits per heavy atom. The standard InChI is InChI=1S/C10H7BrClNO2/c11-4-5-13-7-3-1-2-6(12)8(7)9(14)10(13)15/h1-3H,4-5H2. The number of Topliss-reactive ketones (excluding diaryl/α,β-unsaturated/α-hetero) is 1. The van der Waals surface area contributed by atoms with E-state index in [1.54, 1.807) is 18.2 Å². The molecule has 0 atom stereocenters. The Kier molecular flexibility index (Phi) is 2.80. The number of alkyl halides is 1. The highest BCUT2D eigenvalue weighted by Gasteiger charge is 2.36. The maximum Gasteiger partial charge on any atom is 0.299 e. The second-order valence-electron chi connectivity index (χ2n) is 3.11. The molecule has 0 saturated heterocycles. The summed E-state index contributed by atoms with van der Waals surface area (Å²) in [6, 6.07) is 5.07. The number of carbonyl (C=O) groups excluding carboxylic acids is 2. The Morgan fingerprint density at radius 1 is 1.33 bits per heavy atom. The number of carbonyl (C=O) groups is 2. The summed E-state index contributed by atoms with van der Waals surface area (Å²) in [6.45, 7) is 0.470. The van der Waals surface area contributed by atoms with Gasteiger partial charge in [0.25, 0.3) is 11.7 Å². The molecule has 0 spiro atoms. The highest BCUT2D eigenvalue weighted by molar-refractivity contribution is 9.09. The number of ketones is 1. The van der Waals surface area contributed by atoms with Gasteiger partial charge in [-0.1, -0.05) is 33.6 Å². The zero-order valence-corrected chi connectivity index (χ0v) is 10.0. The minimum absolute atomic E-state index is 0.324. The van der Waals surface area contributed by atoms with E-state index in [-0.39, 0.29) is 0 Å². The molecule has 78 valence electrons. The van der Waals surface area contributed by atoms with Crippen LogP contribution in [0.4, 0.5) is 5.69 Å². The monoisotopic (exact) mass is 287 g/mol.